The predicted molar refractivity (Wildman–Crippen MR) is 104 cm³/mol. The summed E-state index contributed by atoms with van der Waals surface area (Å²) >= 11 is 9.42. The third-order valence-electron chi connectivity index (χ3n) is 4.12. The van der Waals surface area contributed by atoms with Gasteiger partial charge in [-0.3, -0.25) is 4.79 Å². The highest BCUT2D eigenvalue weighted by atomic mass is 79.9. The van der Waals surface area contributed by atoms with Gasteiger partial charge in [0.2, 0.25) is 0 Å². The monoisotopic (exact) mass is 420 g/mol. The molecule has 0 radical (unpaired) electrons. The summed E-state index contributed by atoms with van der Waals surface area (Å²) in [7, 11) is 0. The Kier molecular flexibility index (Phi) is 5.21. The summed E-state index contributed by atoms with van der Waals surface area (Å²) in [5, 5.41) is 1.34. The van der Waals surface area contributed by atoms with Crippen LogP contribution in [0.1, 0.15) is 36.5 Å². The number of carbonyl (C=O) groups is 1. The average molecular weight is 422 g/mol. The van der Waals surface area contributed by atoms with Gasteiger partial charge >= 0.3 is 5.97 Å². The maximum atomic E-state index is 12.3. The first-order valence-electron chi connectivity index (χ1n) is 8.01. The van der Waals surface area contributed by atoms with Crippen molar-refractivity contribution in [1.29, 1.82) is 0 Å². The fourth-order valence-corrected chi connectivity index (χ4v) is 3.59. The lowest BCUT2D eigenvalue weighted by Crippen LogP contribution is -2.11. The topological polar surface area (TPSA) is 39.4 Å². The Balaban J connectivity index is 1.85. The number of aryl methyl sites for hydroxylation is 1. The van der Waals surface area contributed by atoms with Crippen molar-refractivity contribution in [2.75, 3.05) is 0 Å². The number of carbonyl (C=O) groups excluding carboxylic acids is 1. The molecule has 0 saturated heterocycles. The zero-order valence-corrected chi connectivity index (χ0v) is 16.6. The van der Waals surface area contributed by atoms with Gasteiger partial charge in [-0.05, 0) is 54.3 Å². The third kappa shape index (κ3) is 3.91. The van der Waals surface area contributed by atoms with E-state index < -0.39 is 0 Å². The molecule has 0 atom stereocenters. The van der Waals surface area contributed by atoms with E-state index >= 15 is 0 Å². The molecule has 0 aliphatic rings. The number of hydrogen-bond donors (Lipinski definition) is 0. The molecular formula is C20H18BrClO3. The molecule has 5 heteroatoms. The van der Waals surface area contributed by atoms with Crippen LogP contribution in [0.4, 0.5) is 0 Å². The van der Waals surface area contributed by atoms with Gasteiger partial charge in [-0.1, -0.05) is 41.4 Å². The molecule has 3 rings (SSSR count). The number of benzene rings is 2. The molecule has 0 unspecified atom stereocenters. The highest BCUT2D eigenvalue weighted by Crippen LogP contribution is 2.31. The van der Waals surface area contributed by atoms with E-state index in [0.29, 0.717) is 16.7 Å². The summed E-state index contributed by atoms with van der Waals surface area (Å²) in [6, 6.07) is 9.26. The van der Waals surface area contributed by atoms with E-state index in [0.717, 1.165) is 21.0 Å². The predicted octanol–water partition coefficient (Wildman–Crippen LogP) is 6.43. The summed E-state index contributed by atoms with van der Waals surface area (Å²) < 4.78 is 11.8. The average Bonchev–Trinajstić information content (AvgIpc) is 2.91. The van der Waals surface area contributed by atoms with Gasteiger partial charge in [0.1, 0.15) is 11.3 Å². The van der Waals surface area contributed by atoms with E-state index in [1.165, 1.54) is 11.1 Å². The van der Waals surface area contributed by atoms with Crippen LogP contribution in [-0.4, -0.2) is 5.97 Å². The van der Waals surface area contributed by atoms with Crippen molar-refractivity contribution in [3.8, 4) is 5.75 Å². The normalized spacial score (nSPS) is 11.3. The van der Waals surface area contributed by atoms with Crippen molar-refractivity contribution in [2.45, 2.75) is 33.1 Å². The number of hydrogen-bond acceptors (Lipinski definition) is 3. The van der Waals surface area contributed by atoms with Crippen molar-refractivity contribution in [3.05, 3.63) is 62.8 Å². The quantitative estimate of drug-likeness (QED) is 0.360. The molecule has 0 aliphatic heterocycles. The zero-order valence-electron chi connectivity index (χ0n) is 14.2. The van der Waals surface area contributed by atoms with Gasteiger partial charge in [0.05, 0.1) is 17.7 Å². The standard InChI is InChI=1S/C20H18BrClO3/c1-11(2)15-9-16-13(10-24-19(16)6-12(15)3)7-20(23)25-18-5-4-14(21)8-17(18)22/h4-6,8-11H,7H2,1-3H3. The zero-order chi connectivity index (χ0) is 18.1. The molecule has 3 aromatic rings. The lowest BCUT2D eigenvalue weighted by Gasteiger charge is -2.10. The minimum Gasteiger partial charge on any atom is -0.464 e. The van der Waals surface area contributed by atoms with E-state index in [9.17, 15) is 4.79 Å². The number of ether oxygens (including phenoxy) is 1. The molecule has 0 N–H and O–H groups in total. The van der Waals surface area contributed by atoms with Gasteiger partial charge in [0, 0.05) is 15.4 Å². The van der Waals surface area contributed by atoms with Crippen LogP contribution < -0.4 is 4.74 Å². The number of halogens is 2. The highest BCUT2D eigenvalue weighted by Gasteiger charge is 2.16. The molecule has 0 spiro atoms. The highest BCUT2D eigenvalue weighted by molar-refractivity contribution is 9.10. The van der Waals surface area contributed by atoms with E-state index in [2.05, 4.69) is 42.8 Å². The number of fused-ring (bicyclic) bond motifs is 1. The van der Waals surface area contributed by atoms with Gasteiger partial charge < -0.3 is 9.15 Å². The third-order valence-corrected chi connectivity index (χ3v) is 4.91. The largest absolute Gasteiger partial charge is 0.464 e. The van der Waals surface area contributed by atoms with Crippen molar-refractivity contribution >= 4 is 44.5 Å². The van der Waals surface area contributed by atoms with Crippen LogP contribution in [0.3, 0.4) is 0 Å². The van der Waals surface area contributed by atoms with E-state index in [-0.39, 0.29) is 12.4 Å². The number of esters is 1. The van der Waals surface area contributed by atoms with Gasteiger partial charge in [-0.15, -0.1) is 0 Å². The molecular weight excluding hydrogens is 404 g/mol. The second kappa shape index (κ2) is 7.22. The van der Waals surface area contributed by atoms with Crippen LogP contribution in [0.25, 0.3) is 11.0 Å². The molecule has 0 bridgehead atoms. The Morgan fingerprint density at radius 1 is 1.28 bits per heavy atom. The molecule has 25 heavy (non-hydrogen) atoms. The lowest BCUT2D eigenvalue weighted by atomic mass is 9.95. The van der Waals surface area contributed by atoms with Crippen LogP contribution in [0.5, 0.6) is 5.75 Å². The molecule has 0 aliphatic carbocycles. The summed E-state index contributed by atoms with van der Waals surface area (Å²) in [5.41, 5.74) is 4.04. The minimum absolute atomic E-state index is 0.125. The van der Waals surface area contributed by atoms with Gasteiger partial charge in [0.15, 0.2) is 0 Å². The van der Waals surface area contributed by atoms with Crippen LogP contribution in [-0.2, 0) is 11.2 Å². The smallest absolute Gasteiger partial charge is 0.315 e. The molecule has 1 heterocycles. The van der Waals surface area contributed by atoms with Crippen molar-refractivity contribution in [3.63, 3.8) is 0 Å². The van der Waals surface area contributed by atoms with Crippen LogP contribution in [0, 0.1) is 6.92 Å². The molecule has 3 nitrogen and oxygen atoms in total. The maximum Gasteiger partial charge on any atom is 0.315 e. The Morgan fingerprint density at radius 3 is 2.72 bits per heavy atom. The number of rotatable bonds is 4. The first-order valence-corrected chi connectivity index (χ1v) is 9.18. The van der Waals surface area contributed by atoms with E-state index in [4.69, 9.17) is 20.8 Å². The lowest BCUT2D eigenvalue weighted by molar-refractivity contribution is -0.133. The Bertz CT molecular complexity index is 944. The van der Waals surface area contributed by atoms with E-state index in [1.54, 1.807) is 24.5 Å². The molecule has 2 aromatic carbocycles. The first kappa shape index (κ1) is 18.0. The van der Waals surface area contributed by atoms with Crippen molar-refractivity contribution < 1.29 is 13.9 Å². The second-order valence-corrected chi connectivity index (χ2v) is 7.67. The SMILES string of the molecule is Cc1cc2occ(CC(=O)Oc3ccc(Br)cc3Cl)c2cc1C(C)C. The molecule has 0 fully saturated rings. The van der Waals surface area contributed by atoms with Crippen molar-refractivity contribution in [1.82, 2.24) is 0 Å². The van der Waals surface area contributed by atoms with Crippen molar-refractivity contribution in [2.24, 2.45) is 0 Å². The first-order chi connectivity index (χ1) is 11.8. The van der Waals surface area contributed by atoms with Crippen LogP contribution >= 0.6 is 27.5 Å². The fourth-order valence-electron chi connectivity index (χ4n) is 2.88. The summed E-state index contributed by atoms with van der Waals surface area (Å²) in [6.45, 7) is 6.37. The van der Waals surface area contributed by atoms with Gasteiger partial charge in [0.25, 0.3) is 0 Å². The van der Waals surface area contributed by atoms with Gasteiger partial charge in [-0.2, -0.15) is 0 Å². The van der Waals surface area contributed by atoms with Crippen LogP contribution in [0.15, 0.2) is 45.5 Å². The molecule has 0 saturated carbocycles. The number of furan rings is 1. The minimum atomic E-state index is -0.376. The Morgan fingerprint density at radius 2 is 2.04 bits per heavy atom. The maximum absolute atomic E-state index is 12.3. The van der Waals surface area contributed by atoms with Gasteiger partial charge in [-0.25, -0.2) is 0 Å². The summed E-state index contributed by atoms with van der Waals surface area (Å²) in [4.78, 5) is 12.3. The molecule has 1 aromatic heterocycles. The Hall–Kier alpha value is -1.78. The fraction of sp³-hybridized carbons (Fsp3) is 0.250. The summed E-state index contributed by atoms with van der Waals surface area (Å²) in [6.07, 6.45) is 1.75. The second-order valence-electron chi connectivity index (χ2n) is 6.35. The molecule has 130 valence electrons. The molecule has 0 amide bonds. The van der Waals surface area contributed by atoms with E-state index in [1.807, 2.05) is 6.07 Å². The summed E-state index contributed by atoms with van der Waals surface area (Å²) in [5.74, 6) is 0.376. The Labute approximate surface area is 160 Å². The van der Waals surface area contributed by atoms with Crippen LogP contribution in [0.2, 0.25) is 5.02 Å².